The number of ether oxygens (including phenoxy) is 1. The molecule has 178 valence electrons. The first kappa shape index (κ1) is 19.8. The quantitative estimate of drug-likeness (QED) is 0.627. The molecule has 2 aliphatic heterocycles. The van der Waals surface area contributed by atoms with E-state index in [4.69, 9.17) is 8.85 Å². The molecule has 2 N–H and O–H groups in total. The number of carbonyl (C=O) groups is 2. The van der Waals surface area contributed by atoms with Gasteiger partial charge in [-0.3, -0.25) is 9.79 Å². The molecule has 1 aromatic rings. The van der Waals surface area contributed by atoms with Crippen LogP contribution in [0.15, 0.2) is 34.3 Å². The summed E-state index contributed by atoms with van der Waals surface area (Å²) in [5, 5.41) is 5.26. The number of aliphatic imine (C=N–C) groups is 1. The van der Waals surface area contributed by atoms with Gasteiger partial charge in [-0.05, 0) is 44.4 Å². The van der Waals surface area contributed by atoms with Crippen LogP contribution in [0, 0.1) is 5.82 Å². The van der Waals surface area contributed by atoms with E-state index in [1.165, 1.54) is 17.0 Å². The van der Waals surface area contributed by atoms with E-state index in [9.17, 15) is 14.0 Å². The summed E-state index contributed by atoms with van der Waals surface area (Å²) < 4.78 is 41.5. The van der Waals surface area contributed by atoms with Gasteiger partial charge in [0.1, 0.15) is 17.3 Å². The van der Waals surface area contributed by atoms with Crippen LogP contribution in [-0.2, 0) is 4.79 Å². The summed E-state index contributed by atoms with van der Waals surface area (Å²) in [4.78, 5) is 32.8. The smallest absolute Gasteiger partial charge is 0.323 e. The Morgan fingerprint density at radius 1 is 1.24 bits per heavy atom. The number of hydrogen-bond donors (Lipinski definition) is 2. The molecule has 1 fully saturated rings. The number of halogens is 1. The number of amidine groups is 1. The Kier molecular flexibility index (Phi) is 4.77. The number of nitrogens with one attached hydrogen (secondary N) is 2. The molecule has 33 heavy (non-hydrogen) atoms. The van der Waals surface area contributed by atoms with Gasteiger partial charge in [0, 0.05) is 10.6 Å². The van der Waals surface area contributed by atoms with E-state index in [-0.39, 0.29) is 28.9 Å². The van der Waals surface area contributed by atoms with Crippen molar-refractivity contribution in [3.63, 3.8) is 0 Å². The first-order valence-corrected chi connectivity index (χ1v) is 14.7. The normalized spacial score (nSPS) is 22.4. The number of hydrogen-bond acceptors (Lipinski definition) is 4. The van der Waals surface area contributed by atoms with Gasteiger partial charge in [-0.15, -0.1) is 0 Å². The highest BCUT2D eigenvalue weighted by atomic mass is 28.3. The van der Waals surface area contributed by atoms with Crippen LogP contribution in [0.5, 0.6) is 5.75 Å². The maximum atomic E-state index is 14.6. The molecule has 0 aromatic heterocycles. The van der Waals surface area contributed by atoms with Crippen LogP contribution in [0.4, 0.5) is 14.9 Å². The Hall–Kier alpha value is -2.68. The fourth-order valence-corrected chi connectivity index (χ4v) is 7.74. The van der Waals surface area contributed by atoms with E-state index >= 15 is 0 Å². The van der Waals surface area contributed by atoms with Gasteiger partial charge in [-0.1, -0.05) is 32.1 Å². The average molecular weight is 476 g/mol. The minimum absolute atomic E-state index is 0.0129. The fraction of sp³-hybridized carbons (Fsp3) is 0.542. The fourth-order valence-electron chi connectivity index (χ4n) is 5.14. The zero-order valence-corrected chi connectivity index (χ0v) is 20.8. The van der Waals surface area contributed by atoms with Crippen molar-refractivity contribution in [3.05, 3.63) is 35.2 Å². The van der Waals surface area contributed by atoms with Crippen molar-refractivity contribution in [2.24, 2.45) is 4.99 Å². The highest BCUT2D eigenvalue weighted by Crippen LogP contribution is 2.55. The second kappa shape index (κ2) is 7.97. The molecule has 2 heterocycles. The maximum Gasteiger partial charge on any atom is 0.323 e. The first-order valence-electron chi connectivity index (χ1n) is 12.7. The number of nitrogens with zero attached hydrogens (tertiary/aromatic N) is 2. The van der Waals surface area contributed by atoms with Crippen LogP contribution in [-0.4, -0.2) is 56.4 Å². The Bertz CT molecular complexity index is 1170. The van der Waals surface area contributed by atoms with Crippen molar-refractivity contribution >= 4 is 31.5 Å². The van der Waals surface area contributed by atoms with Crippen molar-refractivity contribution in [1.82, 2.24) is 10.2 Å². The van der Waals surface area contributed by atoms with Crippen LogP contribution in [0.3, 0.4) is 0 Å². The monoisotopic (exact) mass is 475 g/mol. The molecule has 1 aromatic carbocycles. The minimum atomic E-state index is -2.81. The van der Waals surface area contributed by atoms with E-state index in [1.54, 1.807) is 0 Å². The number of rotatable bonds is 4. The van der Waals surface area contributed by atoms with Crippen LogP contribution >= 0.6 is 0 Å². The van der Waals surface area contributed by atoms with Crippen LogP contribution in [0.1, 0.15) is 37.2 Å². The SMILES string of the molecule is [2H]C([2H])([2H])Oc1cccc(F)c1NC(=O)N1CC2=C(CN=C2NC(=O)C2([Si](C)(C)C)CCC2)C1(C)C. The van der Waals surface area contributed by atoms with E-state index in [2.05, 4.69) is 35.3 Å². The van der Waals surface area contributed by atoms with Gasteiger partial charge in [0.15, 0.2) is 5.82 Å². The standard InChI is InChI=1S/C24H33FN4O3Si/c1-23(2)16-13-26-20(28-21(30)24(11-8-12-24)33(4,5)6)15(16)14-29(23)22(31)27-19-17(25)9-7-10-18(19)32-3/h7,9-10H,8,11-14H2,1-6H3,(H,27,31)(H,26,28,30)/i3D3. The van der Waals surface area contributed by atoms with Crippen molar-refractivity contribution in [2.45, 2.75) is 63.3 Å². The lowest BCUT2D eigenvalue weighted by Crippen LogP contribution is -2.55. The summed E-state index contributed by atoms with van der Waals surface area (Å²) in [6.45, 7) is 10.9. The molecule has 3 amide bonds. The number of carbonyl (C=O) groups excluding carboxylic acids is 2. The molecule has 3 aliphatic rings. The maximum absolute atomic E-state index is 14.6. The molecule has 9 heteroatoms. The average Bonchev–Trinajstić information content (AvgIpc) is 3.19. The molecule has 0 atom stereocenters. The van der Waals surface area contributed by atoms with Gasteiger partial charge in [0.05, 0.1) is 37.9 Å². The number of para-hydroxylation sites is 1. The summed E-state index contributed by atoms with van der Waals surface area (Å²) in [5.41, 5.74) is 0.612. The van der Waals surface area contributed by atoms with Crippen molar-refractivity contribution in [3.8, 4) is 5.75 Å². The number of urea groups is 1. The molecule has 0 radical (unpaired) electrons. The highest BCUT2D eigenvalue weighted by Gasteiger charge is 2.54. The van der Waals surface area contributed by atoms with Gasteiger partial charge in [0.25, 0.3) is 0 Å². The number of anilines is 1. The molecule has 0 bridgehead atoms. The van der Waals surface area contributed by atoms with E-state index in [0.29, 0.717) is 12.4 Å². The third-order valence-electron chi connectivity index (χ3n) is 7.65. The predicted octanol–water partition coefficient (Wildman–Crippen LogP) is 4.55. The van der Waals surface area contributed by atoms with Crippen LogP contribution in [0.2, 0.25) is 24.7 Å². The minimum Gasteiger partial charge on any atom is -0.494 e. The molecule has 1 saturated carbocycles. The van der Waals surface area contributed by atoms with Gasteiger partial charge in [0.2, 0.25) is 5.91 Å². The second-order valence-corrected chi connectivity index (χ2v) is 16.0. The summed E-state index contributed by atoms with van der Waals surface area (Å²) >= 11 is 0. The highest BCUT2D eigenvalue weighted by molar-refractivity contribution is 6.82. The zero-order valence-electron chi connectivity index (χ0n) is 22.8. The number of benzene rings is 1. The molecule has 0 unspecified atom stereocenters. The van der Waals surface area contributed by atoms with Gasteiger partial charge in [-0.2, -0.15) is 0 Å². The Labute approximate surface area is 199 Å². The Morgan fingerprint density at radius 3 is 2.58 bits per heavy atom. The lowest BCUT2D eigenvalue weighted by atomic mass is 9.83. The largest absolute Gasteiger partial charge is 0.494 e. The molecular weight excluding hydrogens is 439 g/mol. The van der Waals surface area contributed by atoms with Gasteiger partial charge < -0.3 is 20.3 Å². The summed E-state index contributed by atoms with van der Waals surface area (Å²) in [6.07, 6.45) is 2.82. The lowest BCUT2D eigenvalue weighted by Gasteiger charge is -2.49. The second-order valence-electron chi connectivity index (χ2n) is 10.6. The predicted molar refractivity (Wildman–Crippen MR) is 130 cm³/mol. The third-order valence-corrected chi connectivity index (χ3v) is 11.2. The van der Waals surface area contributed by atoms with E-state index < -0.39 is 32.5 Å². The van der Waals surface area contributed by atoms with Crippen molar-refractivity contribution in [1.29, 1.82) is 0 Å². The first-order chi connectivity index (χ1) is 16.6. The lowest BCUT2D eigenvalue weighted by molar-refractivity contribution is -0.125. The van der Waals surface area contributed by atoms with Gasteiger partial charge >= 0.3 is 6.03 Å². The van der Waals surface area contributed by atoms with Gasteiger partial charge in [-0.25, -0.2) is 9.18 Å². The van der Waals surface area contributed by atoms with Crippen molar-refractivity contribution < 1.29 is 22.8 Å². The van der Waals surface area contributed by atoms with E-state index in [0.717, 1.165) is 36.5 Å². The molecule has 1 aliphatic carbocycles. The number of amides is 3. The van der Waals surface area contributed by atoms with E-state index in [1.807, 2.05) is 13.8 Å². The molecular formula is C24H33FN4O3Si. The summed E-state index contributed by atoms with van der Waals surface area (Å²) in [6, 6.07) is 3.10. The molecule has 0 spiro atoms. The third kappa shape index (κ3) is 3.66. The molecule has 0 saturated heterocycles. The molecule has 4 rings (SSSR count). The zero-order chi connectivity index (χ0) is 26.7. The Balaban J connectivity index is 1.52. The van der Waals surface area contributed by atoms with Crippen LogP contribution in [0.25, 0.3) is 0 Å². The number of methoxy groups -OCH3 is 1. The van der Waals surface area contributed by atoms with Crippen LogP contribution < -0.4 is 15.4 Å². The topological polar surface area (TPSA) is 83.0 Å². The molecule has 7 nitrogen and oxygen atoms in total. The Morgan fingerprint density at radius 2 is 1.97 bits per heavy atom. The van der Waals surface area contributed by atoms with Crippen molar-refractivity contribution in [2.75, 3.05) is 25.4 Å². The summed E-state index contributed by atoms with van der Waals surface area (Å²) in [5.74, 6) is -0.582. The summed E-state index contributed by atoms with van der Waals surface area (Å²) in [7, 11) is -4.57.